The molecule has 0 aliphatic heterocycles. The zero-order valence-electron chi connectivity index (χ0n) is 6.70. The number of thiocarbonyl (C=S) groups is 1. The van der Waals surface area contributed by atoms with Crippen LogP contribution in [-0.4, -0.2) is 15.3 Å². The summed E-state index contributed by atoms with van der Waals surface area (Å²) in [4.78, 5) is 10.6. The highest BCUT2D eigenvalue weighted by molar-refractivity contribution is 7.80. The highest BCUT2D eigenvalue weighted by Gasteiger charge is 1.95. The molecular formula is C6H9N5OS. The number of nitrogens with zero attached hydrogens (tertiary/aromatic N) is 1. The predicted molar refractivity (Wildman–Crippen MR) is 51.6 cm³/mol. The third-order valence-corrected chi connectivity index (χ3v) is 1.56. The zero-order chi connectivity index (χ0) is 9.68. The number of hydrazine groups is 1. The second-order valence-electron chi connectivity index (χ2n) is 2.24. The number of aromatic amines is 1. The molecule has 1 aromatic rings. The molecule has 13 heavy (non-hydrogen) atoms. The van der Waals surface area contributed by atoms with Gasteiger partial charge in [0.15, 0.2) is 5.11 Å². The molecule has 0 saturated carbocycles. The van der Waals surface area contributed by atoms with Gasteiger partial charge in [0.2, 0.25) is 0 Å². The first-order valence-electron chi connectivity index (χ1n) is 3.51. The fraction of sp³-hybridized carbons (Fsp3) is 0.167. The van der Waals surface area contributed by atoms with Crippen LogP contribution in [-0.2, 0) is 6.54 Å². The number of hydrogen-bond acceptors (Lipinski definition) is 4. The summed E-state index contributed by atoms with van der Waals surface area (Å²) in [5.41, 5.74) is 2.71. The molecule has 0 aromatic carbocycles. The number of aromatic nitrogens is 2. The maximum atomic E-state index is 10.6. The molecule has 1 rings (SSSR count). The normalized spacial score (nSPS) is 9.31. The molecule has 0 amide bonds. The zero-order valence-corrected chi connectivity index (χ0v) is 7.52. The van der Waals surface area contributed by atoms with Crippen LogP contribution in [0, 0.1) is 0 Å². The summed E-state index contributed by atoms with van der Waals surface area (Å²) in [6, 6.07) is 2.99. The van der Waals surface area contributed by atoms with Crippen molar-refractivity contribution in [2.45, 2.75) is 6.54 Å². The van der Waals surface area contributed by atoms with Gasteiger partial charge in [-0.1, -0.05) is 0 Å². The van der Waals surface area contributed by atoms with Gasteiger partial charge in [-0.05, 0) is 18.3 Å². The van der Waals surface area contributed by atoms with Crippen LogP contribution in [0.15, 0.2) is 16.9 Å². The van der Waals surface area contributed by atoms with E-state index in [0.29, 0.717) is 17.4 Å². The first-order valence-corrected chi connectivity index (χ1v) is 3.92. The van der Waals surface area contributed by atoms with Crippen molar-refractivity contribution in [1.29, 1.82) is 0 Å². The Morgan fingerprint density at radius 1 is 1.69 bits per heavy atom. The van der Waals surface area contributed by atoms with Crippen molar-refractivity contribution in [3.63, 3.8) is 0 Å². The van der Waals surface area contributed by atoms with Crippen LogP contribution in [0.4, 0.5) is 0 Å². The summed E-state index contributed by atoms with van der Waals surface area (Å²) >= 11 is 4.73. The number of H-pyrrole nitrogens is 1. The van der Waals surface area contributed by atoms with Crippen molar-refractivity contribution in [2.24, 2.45) is 5.84 Å². The lowest BCUT2D eigenvalue weighted by Crippen LogP contribution is -2.39. The molecule has 0 spiro atoms. The molecule has 1 heterocycles. The Morgan fingerprint density at radius 2 is 2.46 bits per heavy atom. The molecule has 5 N–H and O–H groups in total. The molecule has 6 nitrogen and oxygen atoms in total. The third-order valence-electron chi connectivity index (χ3n) is 1.30. The second kappa shape index (κ2) is 4.53. The highest BCUT2D eigenvalue weighted by Crippen LogP contribution is 1.86. The van der Waals surface area contributed by atoms with Crippen LogP contribution in [0.25, 0.3) is 0 Å². The van der Waals surface area contributed by atoms with Gasteiger partial charge in [0.25, 0.3) is 5.56 Å². The van der Waals surface area contributed by atoms with Gasteiger partial charge in [-0.25, -0.2) is 10.9 Å². The number of nitrogens with one attached hydrogen (secondary N) is 3. The molecule has 7 heteroatoms. The topological polar surface area (TPSA) is 95.8 Å². The summed E-state index contributed by atoms with van der Waals surface area (Å²) in [7, 11) is 0. The lowest BCUT2D eigenvalue weighted by atomic mass is 10.4. The molecule has 0 aliphatic carbocycles. The minimum absolute atomic E-state index is 0.233. The van der Waals surface area contributed by atoms with Crippen molar-refractivity contribution in [3.05, 3.63) is 28.2 Å². The lowest BCUT2D eigenvalue weighted by molar-refractivity contribution is 0.802. The van der Waals surface area contributed by atoms with Gasteiger partial charge in [0.05, 0.1) is 12.2 Å². The molecule has 1 aromatic heterocycles. The molecule has 0 fully saturated rings. The van der Waals surface area contributed by atoms with Gasteiger partial charge < -0.3 is 10.7 Å². The van der Waals surface area contributed by atoms with Crippen molar-refractivity contribution >= 4 is 17.3 Å². The van der Waals surface area contributed by atoms with E-state index in [1.54, 1.807) is 6.07 Å². The Balaban J connectivity index is 2.50. The summed E-state index contributed by atoms with van der Waals surface area (Å²) in [6.07, 6.45) is 0. The summed E-state index contributed by atoms with van der Waals surface area (Å²) in [6.45, 7) is 0.416. The Hall–Kier alpha value is -1.47. The van der Waals surface area contributed by atoms with Gasteiger partial charge >= 0.3 is 0 Å². The lowest BCUT2D eigenvalue weighted by Gasteiger charge is -2.04. The first-order chi connectivity index (χ1) is 6.22. The molecular weight excluding hydrogens is 190 g/mol. The number of nitrogens with two attached hydrogens (primary N) is 1. The van der Waals surface area contributed by atoms with Gasteiger partial charge in [-0.2, -0.15) is 5.10 Å². The fourth-order valence-corrected chi connectivity index (χ4v) is 0.766. The van der Waals surface area contributed by atoms with E-state index >= 15 is 0 Å². The Morgan fingerprint density at radius 3 is 3.00 bits per heavy atom. The average Bonchev–Trinajstić information content (AvgIpc) is 2.16. The van der Waals surface area contributed by atoms with Crippen LogP contribution >= 0.6 is 12.2 Å². The maximum Gasteiger partial charge on any atom is 0.264 e. The second-order valence-corrected chi connectivity index (χ2v) is 2.65. The maximum absolute atomic E-state index is 10.6. The molecule has 0 saturated heterocycles. The van der Waals surface area contributed by atoms with Gasteiger partial charge in [0, 0.05) is 6.07 Å². The van der Waals surface area contributed by atoms with Crippen molar-refractivity contribution in [1.82, 2.24) is 20.9 Å². The summed E-state index contributed by atoms with van der Waals surface area (Å²) in [5, 5.41) is 9.16. The Bertz CT molecular complexity index is 329. The van der Waals surface area contributed by atoms with Gasteiger partial charge in [-0.15, -0.1) is 0 Å². The smallest absolute Gasteiger partial charge is 0.264 e. The summed E-state index contributed by atoms with van der Waals surface area (Å²) in [5.74, 6) is 5.03. The van der Waals surface area contributed by atoms with Gasteiger partial charge in [0.1, 0.15) is 0 Å². The van der Waals surface area contributed by atoms with E-state index < -0.39 is 0 Å². The Kier molecular flexibility index (Phi) is 3.35. The van der Waals surface area contributed by atoms with Crippen LogP contribution in [0.2, 0.25) is 0 Å². The fourth-order valence-electron chi connectivity index (χ4n) is 0.694. The average molecular weight is 199 g/mol. The van der Waals surface area contributed by atoms with Crippen LogP contribution in [0.5, 0.6) is 0 Å². The molecule has 0 radical (unpaired) electrons. The van der Waals surface area contributed by atoms with E-state index in [1.165, 1.54) is 6.07 Å². The third kappa shape index (κ3) is 3.18. The van der Waals surface area contributed by atoms with E-state index in [1.807, 2.05) is 0 Å². The molecule has 0 bridgehead atoms. The Labute approximate surface area is 79.5 Å². The quantitative estimate of drug-likeness (QED) is 0.266. The van der Waals surface area contributed by atoms with Crippen LogP contribution in [0.1, 0.15) is 5.69 Å². The molecule has 0 unspecified atom stereocenters. The predicted octanol–water partition coefficient (Wildman–Crippen LogP) is -1.39. The molecule has 0 aliphatic rings. The van der Waals surface area contributed by atoms with E-state index in [-0.39, 0.29) is 5.56 Å². The van der Waals surface area contributed by atoms with Gasteiger partial charge in [-0.3, -0.25) is 4.79 Å². The standard InChI is InChI=1S/C6H9N5OS/c7-9-6(13)8-3-4-1-2-5(12)11-10-4/h1-2H,3,7H2,(H,11,12)(H2,8,9,13). The van der Waals surface area contributed by atoms with Crippen molar-refractivity contribution in [3.8, 4) is 0 Å². The van der Waals surface area contributed by atoms with E-state index in [0.717, 1.165) is 0 Å². The minimum atomic E-state index is -0.233. The van der Waals surface area contributed by atoms with Crippen LogP contribution < -0.4 is 22.1 Å². The summed E-state index contributed by atoms with van der Waals surface area (Å²) < 4.78 is 0. The number of hydrogen-bond donors (Lipinski definition) is 4. The highest BCUT2D eigenvalue weighted by atomic mass is 32.1. The largest absolute Gasteiger partial charge is 0.356 e. The van der Waals surface area contributed by atoms with E-state index in [9.17, 15) is 4.79 Å². The molecule has 0 atom stereocenters. The van der Waals surface area contributed by atoms with E-state index in [4.69, 9.17) is 18.1 Å². The minimum Gasteiger partial charge on any atom is -0.356 e. The molecule has 70 valence electrons. The van der Waals surface area contributed by atoms with Crippen molar-refractivity contribution in [2.75, 3.05) is 0 Å². The van der Waals surface area contributed by atoms with E-state index in [2.05, 4.69) is 20.9 Å². The SMILES string of the molecule is NNC(=S)NCc1ccc(=O)[nH]n1. The monoisotopic (exact) mass is 199 g/mol. The number of rotatable bonds is 2. The first kappa shape index (κ1) is 9.62. The van der Waals surface area contributed by atoms with Crippen molar-refractivity contribution < 1.29 is 0 Å². The van der Waals surface area contributed by atoms with Crippen LogP contribution in [0.3, 0.4) is 0 Å².